The number of nitrogens with one attached hydrogen (secondary N) is 2. The first-order valence-corrected chi connectivity index (χ1v) is 7.66. The summed E-state index contributed by atoms with van der Waals surface area (Å²) >= 11 is 6.03. The first-order valence-electron chi connectivity index (χ1n) is 7.28. The van der Waals surface area contributed by atoms with Crippen molar-refractivity contribution in [2.45, 2.75) is 24.8 Å². The van der Waals surface area contributed by atoms with E-state index in [0.29, 0.717) is 28.7 Å². The highest BCUT2D eigenvalue weighted by Crippen LogP contribution is 2.44. The summed E-state index contributed by atoms with van der Waals surface area (Å²) < 4.78 is 0. The molecule has 7 heteroatoms. The van der Waals surface area contributed by atoms with E-state index in [4.69, 9.17) is 11.6 Å². The zero-order chi connectivity index (χ0) is 15.5. The van der Waals surface area contributed by atoms with E-state index in [0.717, 1.165) is 12.8 Å². The molecule has 4 rings (SSSR count). The lowest BCUT2D eigenvalue weighted by Crippen LogP contribution is -2.53. The zero-order valence-corrected chi connectivity index (χ0v) is 12.4. The van der Waals surface area contributed by atoms with Gasteiger partial charge < -0.3 is 10.2 Å². The van der Waals surface area contributed by atoms with Crippen molar-refractivity contribution in [3.8, 4) is 0 Å². The van der Waals surface area contributed by atoms with Crippen molar-refractivity contribution in [3.05, 3.63) is 28.8 Å². The molecule has 0 radical (unpaired) electrons. The molecule has 3 aliphatic rings. The fourth-order valence-corrected chi connectivity index (χ4v) is 3.55. The smallest absolute Gasteiger partial charge is 0.312 e. The van der Waals surface area contributed by atoms with Crippen LogP contribution in [0.4, 0.5) is 10.5 Å². The van der Waals surface area contributed by atoms with Gasteiger partial charge in [0.1, 0.15) is 0 Å². The topological polar surface area (TPSA) is 78.5 Å². The van der Waals surface area contributed by atoms with E-state index in [-0.39, 0.29) is 0 Å². The van der Waals surface area contributed by atoms with Gasteiger partial charge in [0.15, 0.2) is 0 Å². The van der Waals surface area contributed by atoms with E-state index in [1.54, 1.807) is 23.1 Å². The highest BCUT2D eigenvalue weighted by atomic mass is 35.5. The van der Waals surface area contributed by atoms with E-state index in [1.807, 2.05) is 0 Å². The second-order valence-corrected chi connectivity index (χ2v) is 6.47. The number of hydrogen-bond acceptors (Lipinski definition) is 3. The Hall–Kier alpha value is -2.08. The van der Waals surface area contributed by atoms with Crippen LogP contribution in [0.2, 0.25) is 5.02 Å². The number of rotatable bonds is 2. The minimum atomic E-state index is -1.67. The number of carbonyl (C=O) groups is 3. The molecule has 2 N–H and O–H groups in total. The molecule has 2 aliphatic heterocycles. The van der Waals surface area contributed by atoms with E-state index >= 15 is 0 Å². The van der Waals surface area contributed by atoms with Crippen LogP contribution in [0.3, 0.4) is 0 Å². The third-order valence-corrected chi connectivity index (χ3v) is 4.99. The van der Waals surface area contributed by atoms with Gasteiger partial charge in [0.05, 0.1) is 5.69 Å². The first-order chi connectivity index (χ1) is 10.5. The van der Waals surface area contributed by atoms with E-state index in [1.165, 1.54) is 6.42 Å². The largest absolute Gasteiger partial charge is 0.323 e. The average Bonchev–Trinajstić information content (AvgIpc) is 2.84. The summed E-state index contributed by atoms with van der Waals surface area (Å²) in [6.45, 7) is 0.568. The number of fused-ring (bicyclic) bond motifs is 2. The molecule has 6 nitrogen and oxygen atoms in total. The lowest BCUT2D eigenvalue weighted by Gasteiger charge is -2.31. The number of nitrogens with zero attached hydrogens (tertiary/aromatic N) is 1. The summed E-state index contributed by atoms with van der Waals surface area (Å²) in [6.07, 6.45) is 3.33. The molecule has 1 spiro atoms. The highest BCUT2D eigenvalue weighted by Gasteiger charge is 2.61. The Kier molecular flexibility index (Phi) is 2.75. The molecular formula is C15H14ClN3O3. The summed E-state index contributed by atoms with van der Waals surface area (Å²) in [5, 5.41) is 5.09. The second-order valence-electron chi connectivity index (χ2n) is 6.03. The van der Waals surface area contributed by atoms with Gasteiger partial charge in [0.2, 0.25) is 5.54 Å². The molecule has 114 valence electrons. The molecule has 1 saturated carbocycles. The van der Waals surface area contributed by atoms with Gasteiger partial charge in [0, 0.05) is 17.1 Å². The fourth-order valence-electron chi connectivity index (χ4n) is 3.38. The van der Waals surface area contributed by atoms with Crippen LogP contribution in [0.25, 0.3) is 0 Å². The van der Waals surface area contributed by atoms with Gasteiger partial charge in [-0.25, -0.2) is 4.79 Å². The Bertz CT molecular complexity index is 716. The molecule has 22 heavy (non-hydrogen) atoms. The molecular weight excluding hydrogens is 306 g/mol. The van der Waals surface area contributed by atoms with Crippen LogP contribution < -0.4 is 15.5 Å². The van der Waals surface area contributed by atoms with Gasteiger partial charge in [0.25, 0.3) is 11.8 Å². The molecule has 1 aliphatic carbocycles. The van der Waals surface area contributed by atoms with Crippen molar-refractivity contribution in [2.75, 3.05) is 11.4 Å². The van der Waals surface area contributed by atoms with Gasteiger partial charge in [-0.1, -0.05) is 18.0 Å². The third kappa shape index (κ3) is 1.64. The van der Waals surface area contributed by atoms with Gasteiger partial charge in [-0.15, -0.1) is 0 Å². The standard InChI is InChI=1S/C15H14ClN3O3/c16-9-4-5-11-10(6-9)15(12(20)17-14(22)18-15)13(21)19(11)7-8-2-1-3-8/h4-6,8H,1-3,7H2,(H2,17,18,20,22). The first kappa shape index (κ1) is 13.6. The monoisotopic (exact) mass is 319 g/mol. The van der Waals surface area contributed by atoms with Gasteiger partial charge >= 0.3 is 6.03 Å². The van der Waals surface area contributed by atoms with Crippen molar-refractivity contribution >= 4 is 35.1 Å². The van der Waals surface area contributed by atoms with E-state index in [2.05, 4.69) is 10.6 Å². The minimum Gasteiger partial charge on any atom is -0.312 e. The summed E-state index contributed by atoms with van der Waals surface area (Å²) in [4.78, 5) is 38.5. The Balaban J connectivity index is 1.84. The van der Waals surface area contributed by atoms with Crippen molar-refractivity contribution in [1.29, 1.82) is 0 Å². The molecule has 2 fully saturated rings. The molecule has 2 heterocycles. The Morgan fingerprint density at radius 1 is 1.27 bits per heavy atom. The number of benzene rings is 1. The summed E-state index contributed by atoms with van der Waals surface area (Å²) in [5.41, 5.74) is -0.563. The predicted octanol–water partition coefficient (Wildman–Crippen LogP) is 1.52. The normalized spacial score (nSPS) is 27.0. The average molecular weight is 320 g/mol. The van der Waals surface area contributed by atoms with Gasteiger partial charge in [-0.3, -0.25) is 14.9 Å². The SMILES string of the molecule is O=C1NC(=O)C2(N1)C(=O)N(CC1CCC1)c1ccc(Cl)cc12. The lowest BCUT2D eigenvalue weighted by molar-refractivity contribution is -0.134. The van der Waals surface area contributed by atoms with Crippen LogP contribution in [-0.4, -0.2) is 24.4 Å². The molecule has 1 aromatic carbocycles. The molecule has 0 bridgehead atoms. The van der Waals surface area contributed by atoms with Gasteiger partial charge in [-0.2, -0.15) is 0 Å². The summed E-state index contributed by atoms with van der Waals surface area (Å²) in [5.74, 6) is -0.593. The van der Waals surface area contributed by atoms with Gasteiger partial charge in [-0.05, 0) is 37.0 Å². The molecule has 1 atom stereocenters. The maximum atomic E-state index is 12.9. The number of carbonyl (C=O) groups excluding carboxylic acids is 3. The van der Waals surface area contributed by atoms with Crippen molar-refractivity contribution in [2.24, 2.45) is 5.92 Å². The number of imide groups is 1. The maximum Gasteiger partial charge on any atom is 0.323 e. The number of amides is 4. The Morgan fingerprint density at radius 2 is 2.05 bits per heavy atom. The molecule has 4 amide bonds. The number of urea groups is 1. The van der Waals surface area contributed by atoms with Crippen LogP contribution in [0.15, 0.2) is 18.2 Å². The zero-order valence-electron chi connectivity index (χ0n) is 11.7. The lowest BCUT2D eigenvalue weighted by atomic mass is 9.85. The fraction of sp³-hybridized carbons (Fsp3) is 0.400. The molecule has 1 unspecified atom stereocenters. The van der Waals surface area contributed by atoms with Crippen LogP contribution in [0, 0.1) is 5.92 Å². The number of hydrogen-bond donors (Lipinski definition) is 2. The van der Waals surface area contributed by atoms with Crippen LogP contribution >= 0.6 is 11.6 Å². The summed E-state index contributed by atoms with van der Waals surface area (Å²) in [6, 6.07) is 4.35. The van der Waals surface area contributed by atoms with Crippen LogP contribution in [-0.2, 0) is 15.1 Å². The number of anilines is 1. The van der Waals surface area contributed by atoms with Crippen LogP contribution in [0.5, 0.6) is 0 Å². The van der Waals surface area contributed by atoms with Crippen molar-refractivity contribution < 1.29 is 14.4 Å². The predicted molar refractivity (Wildman–Crippen MR) is 79.5 cm³/mol. The second kappa shape index (κ2) is 4.46. The molecule has 1 aromatic rings. The Morgan fingerprint density at radius 3 is 2.64 bits per heavy atom. The van der Waals surface area contributed by atoms with E-state index in [9.17, 15) is 14.4 Å². The molecule has 0 aromatic heterocycles. The highest BCUT2D eigenvalue weighted by molar-refractivity contribution is 6.32. The van der Waals surface area contributed by atoms with Crippen molar-refractivity contribution in [3.63, 3.8) is 0 Å². The number of halogens is 1. The third-order valence-electron chi connectivity index (χ3n) is 4.75. The molecule has 1 saturated heterocycles. The summed E-state index contributed by atoms with van der Waals surface area (Å²) in [7, 11) is 0. The minimum absolute atomic E-state index is 0.403. The quantitative estimate of drug-likeness (QED) is 0.641. The van der Waals surface area contributed by atoms with Crippen molar-refractivity contribution in [1.82, 2.24) is 10.6 Å². The van der Waals surface area contributed by atoms with E-state index < -0.39 is 23.4 Å². The van der Waals surface area contributed by atoms with Crippen LogP contribution in [0.1, 0.15) is 24.8 Å². The Labute approximate surface area is 131 Å². The maximum absolute atomic E-state index is 12.9.